The number of rotatable bonds is 2. The van der Waals surface area contributed by atoms with Crippen molar-refractivity contribution < 1.29 is 4.74 Å². The number of piperidine rings is 1. The summed E-state index contributed by atoms with van der Waals surface area (Å²) in [5, 5.41) is 1.10. The Morgan fingerprint density at radius 1 is 1.45 bits per heavy atom. The summed E-state index contributed by atoms with van der Waals surface area (Å²) in [6, 6.07) is 2.15. The lowest BCUT2D eigenvalue weighted by atomic mass is 9.96. The Kier molecular flexibility index (Phi) is 3.52. The van der Waals surface area contributed by atoms with Crippen molar-refractivity contribution in [3.8, 4) is 0 Å². The van der Waals surface area contributed by atoms with E-state index in [1.807, 2.05) is 0 Å². The van der Waals surface area contributed by atoms with Gasteiger partial charge >= 0.3 is 0 Å². The van der Waals surface area contributed by atoms with Gasteiger partial charge in [-0.3, -0.25) is 0 Å². The summed E-state index contributed by atoms with van der Waals surface area (Å²) in [6.07, 6.45) is 1.35. The summed E-state index contributed by atoms with van der Waals surface area (Å²) < 4.78 is 5.59. The molecule has 0 amide bonds. The zero-order valence-corrected chi connectivity index (χ0v) is 12.9. The van der Waals surface area contributed by atoms with Crippen LogP contribution in [0.15, 0.2) is 6.07 Å². The molecule has 2 unspecified atom stereocenters. The predicted molar refractivity (Wildman–Crippen MR) is 83.4 cm³/mol. The van der Waals surface area contributed by atoms with Crippen molar-refractivity contribution in [1.29, 1.82) is 0 Å². The van der Waals surface area contributed by atoms with E-state index in [2.05, 4.69) is 34.8 Å². The molecule has 2 aromatic heterocycles. The van der Waals surface area contributed by atoms with Crippen molar-refractivity contribution in [2.45, 2.75) is 26.4 Å². The molecule has 0 bridgehead atoms. The molecule has 3 heterocycles. The maximum atomic E-state index is 5.86. The highest BCUT2D eigenvalue weighted by Gasteiger charge is 2.28. The molecule has 2 N–H and O–H groups in total. The van der Waals surface area contributed by atoms with E-state index in [-0.39, 0.29) is 6.10 Å². The van der Waals surface area contributed by atoms with Crippen LogP contribution in [0.2, 0.25) is 0 Å². The molecule has 1 aliphatic rings. The number of methoxy groups -OCH3 is 1. The molecule has 0 radical (unpaired) electrons. The molecule has 2 aromatic rings. The lowest BCUT2D eigenvalue weighted by molar-refractivity contribution is 0.0497. The van der Waals surface area contributed by atoms with Gasteiger partial charge in [0.1, 0.15) is 10.6 Å². The summed E-state index contributed by atoms with van der Waals surface area (Å²) in [6.45, 7) is 6.17. The van der Waals surface area contributed by atoms with Crippen molar-refractivity contribution in [1.82, 2.24) is 9.97 Å². The fourth-order valence-electron chi connectivity index (χ4n) is 2.82. The number of fused-ring (bicyclic) bond motifs is 1. The summed E-state index contributed by atoms with van der Waals surface area (Å²) in [4.78, 5) is 13.3. The van der Waals surface area contributed by atoms with Gasteiger partial charge in [0.05, 0.1) is 11.5 Å². The second kappa shape index (κ2) is 5.18. The first-order valence-corrected chi connectivity index (χ1v) is 7.71. The van der Waals surface area contributed by atoms with Crippen LogP contribution in [0.1, 0.15) is 18.2 Å². The van der Waals surface area contributed by atoms with E-state index in [0.717, 1.165) is 35.5 Å². The van der Waals surface area contributed by atoms with Crippen LogP contribution in [-0.4, -0.2) is 36.3 Å². The highest BCUT2D eigenvalue weighted by molar-refractivity contribution is 7.18. The number of thiophene rings is 1. The normalized spacial score (nSPS) is 23.4. The third-order valence-corrected chi connectivity index (χ3v) is 4.95. The quantitative estimate of drug-likeness (QED) is 0.921. The van der Waals surface area contributed by atoms with E-state index in [1.165, 1.54) is 4.88 Å². The standard InChI is InChI=1S/C14H20N4OS/c1-8-4-5-18(7-11(8)19-3)12-10-6-9(2)20-13(10)17-14(15)16-12/h6,8,11H,4-5,7H2,1-3H3,(H2,15,16,17). The van der Waals surface area contributed by atoms with Crippen molar-refractivity contribution in [2.24, 2.45) is 5.92 Å². The molecule has 1 aliphatic heterocycles. The minimum absolute atomic E-state index is 0.245. The van der Waals surface area contributed by atoms with Gasteiger partial charge in [-0.1, -0.05) is 6.92 Å². The number of nitrogens with two attached hydrogens (primary N) is 1. The average Bonchev–Trinajstić information content (AvgIpc) is 2.78. The van der Waals surface area contributed by atoms with Crippen LogP contribution in [0.4, 0.5) is 11.8 Å². The van der Waals surface area contributed by atoms with Crippen LogP contribution < -0.4 is 10.6 Å². The van der Waals surface area contributed by atoms with Gasteiger partial charge in [-0.2, -0.15) is 4.98 Å². The number of nitrogen functional groups attached to an aromatic ring is 1. The Balaban J connectivity index is 2.01. The van der Waals surface area contributed by atoms with Crippen LogP contribution >= 0.6 is 11.3 Å². The topological polar surface area (TPSA) is 64.3 Å². The van der Waals surface area contributed by atoms with Gasteiger partial charge in [-0.05, 0) is 25.3 Å². The van der Waals surface area contributed by atoms with Crippen molar-refractivity contribution in [3.63, 3.8) is 0 Å². The van der Waals surface area contributed by atoms with Crippen LogP contribution in [0.3, 0.4) is 0 Å². The minimum atomic E-state index is 0.245. The number of aryl methyl sites for hydroxylation is 1. The zero-order chi connectivity index (χ0) is 14.3. The molecule has 0 spiro atoms. The third kappa shape index (κ3) is 2.33. The fraction of sp³-hybridized carbons (Fsp3) is 0.571. The SMILES string of the molecule is COC1CN(c2nc(N)nc3sc(C)cc23)CCC1C. The van der Waals surface area contributed by atoms with E-state index < -0.39 is 0 Å². The van der Waals surface area contributed by atoms with E-state index in [9.17, 15) is 0 Å². The van der Waals surface area contributed by atoms with Crippen molar-refractivity contribution in [3.05, 3.63) is 10.9 Å². The van der Waals surface area contributed by atoms with Crippen molar-refractivity contribution in [2.75, 3.05) is 30.8 Å². The van der Waals surface area contributed by atoms with E-state index in [1.54, 1.807) is 18.4 Å². The minimum Gasteiger partial charge on any atom is -0.379 e. The van der Waals surface area contributed by atoms with Gasteiger partial charge in [0.2, 0.25) is 5.95 Å². The molecule has 0 aromatic carbocycles. The number of hydrogen-bond acceptors (Lipinski definition) is 6. The lowest BCUT2D eigenvalue weighted by Gasteiger charge is -2.37. The summed E-state index contributed by atoms with van der Waals surface area (Å²) in [7, 11) is 1.78. The Hall–Kier alpha value is -1.40. The summed E-state index contributed by atoms with van der Waals surface area (Å²) >= 11 is 1.66. The first-order valence-electron chi connectivity index (χ1n) is 6.90. The number of anilines is 2. The van der Waals surface area contributed by atoms with Gasteiger partial charge in [-0.15, -0.1) is 11.3 Å². The molecule has 108 valence electrons. The number of ether oxygens (including phenoxy) is 1. The zero-order valence-electron chi connectivity index (χ0n) is 12.1. The number of aromatic nitrogens is 2. The predicted octanol–water partition coefficient (Wildman–Crippen LogP) is 2.44. The van der Waals surface area contributed by atoms with E-state index >= 15 is 0 Å². The Bertz CT molecular complexity index is 627. The van der Waals surface area contributed by atoms with E-state index in [4.69, 9.17) is 10.5 Å². The first-order chi connectivity index (χ1) is 9.58. The fourth-order valence-corrected chi connectivity index (χ4v) is 3.70. The molecule has 0 aliphatic carbocycles. The Morgan fingerprint density at radius 2 is 2.25 bits per heavy atom. The van der Waals surface area contributed by atoms with Crippen molar-refractivity contribution >= 4 is 33.3 Å². The molecule has 1 fully saturated rings. The molecule has 5 nitrogen and oxygen atoms in total. The monoisotopic (exact) mass is 292 g/mol. The highest BCUT2D eigenvalue weighted by Crippen LogP contribution is 2.33. The molecule has 20 heavy (non-hydrogen) atoms. The van der Waals surface area contributed by atoms with E-state index in [0.29, 0.717) is 11.9 Å². The highest BCUT2D eigenvalue weighted by atomic mass is 32.1. The molecular weight excluding hydrogens is 272 g/mol. The van der Waals surface area contributed by atoms with Crippen LogP contribution in [0, 0.1) is 12.8 Å². The second-order valence-corrected chi connectivity index (χ2v) is 6.70. The van der Waals surface area contributed by atoms with Crippen LogP contribution in [0.25, 0.3) is 10.2 Å². The second-order valence-electron chi connectivity index (χ2n) is 5.47. The van der Waals surface area contributed by atoms with Gasteiger partial charge in [-0.25, -0.2) is 4.98 Å². The smallest absolute Gasteiger partial charge is 0.223 e. The maximum absolute atomic E-state index is 5.86. The summed E-state index contributed by atoms with van der Waals surface area (Å²) in [5.41, 5.74) is 5.86. The Morgan fingerprint density at radius 3 is 3.00 bits per heavy atom. The summed E-state index contributed by atoms with van der Waals surface area (Å²) in [5.74, 6) is 1.88. The van der Waals surface area contributed by atoms with Gasteiger partial charge in [0, 0.05) is 25.1 Å². The largest absolute Gasteiger partial charge is 0.379 e. The molecule has 6 heteroatoms. The molecule has 1 saturated heterocycles. The van der Waals surface area contributed by atoms with Crippen LogP contribution in [0.5, 0.6) is 0 Å². The maximum Gasteiger partial charge on any atom is 0.223 e. The molecule has 3 rings (SSSR count). The first kappa shape index (κ1) is 13.6. The molecule has 0 saturated carbocycles. The van der Waals surface area contributed by atoms with Gasteiger partial charge in [0.25, 0.3) is 0 Å². The number of nitrogens with zero attached hydrogens (tertiary/aromatic N) is 3. The Labute approximate surface area is 122 Å². The van der Waals surface area contributed by atoms with Gasteiger partial charge < -0.3 is 15.4 Å². The number of hydrogen-bond donors (Lipinski definition) is 1. The third-order valence-electron chi connectivity index (χ3n) is 4.00. The van der Waals surface area contributed by atoms with Gasteiger partial charge in [0.15, 0.2) is 0 Å². The average molecular weight is 292 g/mol. The lowest BCUT2D eigenvalue weighted by Crippen LogP contribution is -2.44. The molecular formula is C14H20N4OS. The molecule has 2 atom stereocenters. The van der Waals surface area contributed by atoms with Crippen LogP contribution in [-0.2, 0) is 4.74 Å².